The summed E-state index contributed by atoms with van der Waals surface area (Å²) in [5, 5.41) is 9.68. The fourth-order valence-electron chi connectivity index (χ4n) is 2.77. The van der Waals surface area contributed by atoms with Gasteiger partial charge >= 0.3 is 12.4 Å². The lowest BCUT2D eigenvalue weighted by molar-refractivity contribution is -0.420. The Morgan fingerprint density at radius 1 is 0.962 bits per heavy atom. The molecule has 1 N–H and O–H groups in total. The molecule has 1 aromatic rings. The first-order valence-corrected chi connectivity index (χ1v) is 7.69. The smallest absolute Gasteiger partial charge is 0.371 e. The molecule has 0 atom stereocenters. The maximum Gasteiger partial charge on any atom is 0.429 e. The van der Waals surface area contributed by atoms with E-state index in [4.69, 9.17) is 4.74 Å². The largest absolute Gasteiger partial charge is 0.429 e. The fourth-order valence-corrected chi connectivity index (χ4v) is 2.77. The molecule has 0 radical (unpaired) electrons. The number of allylic oxidation sites excluding steroid dienone is 1. The van der Waals surface area contributed by atoms with Gasteiger partial charge in [-0.25, -0.2) is 0 Å². The standard InChI is InChI=1S/C18H22F6O2/c1-11(2)12-8-7-9-13(10-12)14(3,4)26-15(5,6)16(25,17(19,20)21)18(22,23)24/h7-10,25H,1H2,2-6H3. The maximum atomic E-state index is 13.2. The molecule has 0 aliphatic carbocycles. The number of benzene rings is 1. The number of alkyl halides is 6. The topological polar surface area (TPSA) is 29.5 Å². The van der Waals surface area contributed by atoms with Crippen LogP contribution in [0.5, 0.6) is 0 Å². The highest BCUT2D eigenvalue weighted by Crippen LogP contribution is 2.52. The summed E-state index contributed by atoms with van der Waals surface area (Å²) in [7, 11) is 0. The van der Waals surface area contributed by atoms with E-state index in [1.54, 1.807) is 25.1 Å². The highest BCUT2D eigenvalue weighted by molar-refractivity contribution is 5.62. The molecule has 0 amide bonds. The summed E-state index contributed by atoms with van der Waals surface area (Å²) < 4.78 is 84.3. The number of halogens is 6. The Bertz CT molecular complexity index is 657. The molecule has 26 heavy (non-hydrogen) atoms. The van der Waals surface area contributed by atoms with Crippen LogP contribution in [0.25, 0.3) is 5.57 Å². The van der Waals surface area contributed by atoms with E-state index in [-0.39, 0.29) is 0 Å². The Balaban J connectivity index is 3.41. The molecule has 0 spiro atoms. The summed E-state index contributed by atoms with van der Waals surface area (Å²) in [4.78, 5) is 0. The molecule has 1 rings (SSSR count). The second kappa shape index (κ2) is 6.56. The van der Waals surface area contributed by atoms with E-state index >= 15 is 0 Å². The molecular weight excluding hydrogens is 362 g/mol. The van der Waals surface area contributed by atoms with Crippen molar-refractivity contribution in [2.45, 2.75) is 63.8 Å². The minimum Gasteiger partial charge on any atom is -0.371 e. The Morgan fingerprint density at radius 3 is 1.81 bits per heavy atom. The molecule has 8 heteroatoms. The normalized spacial score (nSPS) is 14.5. The number of aliphatic hydroxyl groups is 1. The van der Waals surface area contributed by atoms with Crippen LogP contribution in [0.3, 0.4) is 0 Å². The van der Waals surface area contributed by atoms with Gasteiger partial charge in [0.2, 0.25) is 0 Å². The summed E-state index contributed by atoms with van der Waals surface area (Å²) in [5.41, 5.74) is -7.94. The predicted octanol–water partition coefficient (Wildman–Crippen LogP) is 5.61. The zero-order valence-electron chi connectivity index (χ0n) is 15.1. The molecule has 0 aliphatic rings. The minimum absolute atomic E-state index is 0.345. The van der Waals surface area contributed by atoms with Gasteiger partial charge in [0.1, 0.15) is 5.60 Å². The van der Waals surface area contributed by atoms with E-state index in [0.717, 1.165) is 0 Å². The van der Waals surface area contributed by atoms with E-state index in [2.05, 4.69) is 6.58 Å². The van der Waals surface area contributed by atoms with Crippen molar-refractivity contribution in [2.75, 3.05) is 0 Å². The van der Waals surface area contributed by atoms with Crippen molar-refractivity contribution >= 4 is 5.57 Å². The van der Waals surface area contributed by atoms with E-state index in [0.29, 0.717) is 30.5 Å². The van der Waals surface area contributed by atoms with Crippen molar-refractivity contribution in [1.82, 2.24) is 0 Å². The molecular formula is C18H22F6O2. The van der Waals surface area contributed by atoms with Gasteiger partial charge in [0.15, 0.2) is 0 Å². The van der Waals surface area contributed by atoms with Gasteiger partial charge < -0.3 is 9.84 Å². The molecule has 0 unspecified atom stereocenters. The van der Waals surface area contributed by atoms with Crippen molar-refractivity contribution in [2.24, 2.45) is 0 Å². The molecule has 1 aromatic carbocycles. The second-order valence-electron chi connectivity index (χ2n) is 7.19. The quantitative estimate of drug-likeness (QED) is 0.669. The lowest BCUT2D eigenvalue weighted by atomic mass is 9.82. The van der Waals surface area contributed by atoms with Crippen LogP contribution >= 0.6 is 0 Å². The van der Waals surface area contributed by atoms with Crippen LogP contribution in [0.4, 0.5) is 26.3 Å². The summed E-state index contributed by atoms with van der Waals surface area (Å²) >= 11 is 0. The van der Waals surface area contributed by atoms with Crippen LogP contribution < -0.4 is 0 Å². The molecule has 0 aliphatic heterocycles. The van der Waals surface area contributed by atoms with Crippen LogP contribution in [0.15, 0.2) is 30.8 Å². The summed E-state index contributed by atoms with van der Waals surface area (Å²) in [6.45, 7) is 9.26. The Labute approximate surface area is 148 Å². The number of hydrogen-bond acceptors (Lipinski definition) is 2. The van der Waals surface area contributed by atoms with Crippen LogP contribution in [-0.2, 0) is 10.3 Å². The first-order valence-electron chi connectivity index (χ1n) is 7.69. The third kappa shape index (κ3) is 3.91. The first kappa shape index (κ1) is 22.5. The van der Waals surface area contributed by atoms with E-state index in [9.17, 15) is 31.4 Å². The lowest BCUT2D eigenvalue weighted by Gasteiger charge is -2.47. The average Bonchev–Trinajstić information content (AvgIpc) is 2.42. The number of rotatable bonds is 5. The maximum absolute atomic E-state index is 13.2. The molecule has 0 heterocycles. The molecule has 0 saturated heterocycles. The predicted molar refractivity (Wildman–Crippen MR) is 86.4 cm³/mol. The average molecular weight is 384 g/mol. The fraction of sp³-hybridized carbons (Fsp3) is 0.556. The van der Waals surface area contributed by atoms with Crippen molar-refractivity contribution in [3.05, 3.63) is 42.0 Å². The van der Waals surface area contributed by atoms with Crippen molar-refractivity contribution in [3.8, 4) is 0 Å². The van der Waals surface area contributed by atoms with Gasteiger partial charge in [-0.3, -0.25) is 0 Å². The summed E-state index contributed by atoms with van der Waals surface area (Å²) in [6, 6.07) is 6.38. The van der Waals surface area contributed by atoms with Crippen molar-refractivity contribution in [3.63, 3.8) is 0 Å². The van der Waals surface area contributed by atoms with Gasteiger partial charge in [0.05, 0.1) is 5.60 Å². The second-order valence-corrected chi connectivity index (χ2v) is 7.19. The van der Waals surface area contributed by atoms with Crippen LogP contribution in [0.1, 0.15) is 45.7 Å². The zero-order chi connectivity index (χ0) is 20.8. The monoisotopic (exact) mass is 384 g/mol. The Hall–Kier alpha value is -1.54. The molecule has 0 fully saturated rings. The molecule has 0 saturated carbocycles. The van der Waals surface area contributed by atoms with Gasteiger partial charge in [0, 0.05) is 0 Å². The molecule has 0 aromatic heterocycles. The SMILES string of the molecule is C=C(C)c1cccc(C(C)(C)OC(C)(C)C(O)(C(F)(F)F)C(F)(F)F)c1. The third-order valence-corrected chi connectivity index (χ3v) is 4.25. The Kier molecular flexibility index (Phi) is 5.68. The van der Waals surface area contributed by atoms with Crippen molar-refractivity contribution < 1.29 is 36.2 Å². The highest BCUT2D eigenvalue weighted by Gasteiger charge is 2.78. The summed E-state index contributed by atoms with van der Waals surface area (Å²) in [5.74, 6) is 0. The van der Waals surface area contributed by atoms with Gasteiger partial charge in [-0.1, -0.05) is 30.4 Å². The number of hydrogen-bond donors (Lipinski definition) is 1. The van der Waals surface area contributed by atoms with Crippen LogP contribution in [-0.4, -0.2) is 28.7 Å². The van der Waals surface area contributed by atoms with E-state index < -0.39 is 29.2 Å². The third-order valence-electron chi connectivity index (χ3n) is 4.25. The molecule has 2 nitrogen and oxygen atoms in total. The molecule has 0 bridgehead atoms. The van der Waals surface area contributed by atoms with E-state index in [1.165, 1.54) is 19.9 Å². The van der Waals surface area contributed by atoms with Crippen LogP contribution in [0.2, 0.25) is 0 Å². The first-order chi connectivity index (χ1) is 11.4. The van der Waals surface area contributed by atoms with Gasteiger partial charge in [-0.2, -0.15) is 26.3 Å². The minimum atomic E-state index is -5.98. The van der Waals surface area contributed by atoms with E-state index in [1.807, 2.05) is 0 Å². The zero-order valence-corrected chi connectivity index (χ0v) is 15.1. The van der Waals surface area contributed by atoms with Crippen LogP contribution in [0, 0.1) is 0 Å². The molecule has 148 valence electrons. The number of ether oxygens (including phenoxy) is 1. The van der Waals surface area contributed by atoms with Gasteiger partial charge in [-0.05, 0) is 51.8 Å². The Morgan fingerprint density at radius 2 is 1.42 bits per heavy atom. The van der Waals surface area contributed by atoms with Crippen molar-refractivity contribution in [1.29, 1.82) is 0 Å². The lowest BCUT2D eigenvalue weighted by Crippen LogP contribution is -2.70. The van der Waals surface area contributed by atoms with Gasteiger partial charge in [0.25, 0.3) is 5.60 Å². The summed E-state index contributed by atoms with van der Waals surface area (Å²) in [6.07, 6.45) is -12.0. The highest BCUT2D eigenvalue weighted by atomic mass is 19.4. The van der Waals surface area contributed by atoms with Gasteiger partial charge in [-0.15, -0.1) is 0 Å².